The molecule has 0 aliphatic carbocycles. The molecule has 0 radical (unpaired) electrons. The van der Waals surface area contributed by atoms with E-state index in [-0.39, 0.29) is 35.7 Å². The highest BCUT2D eigenvalue weighted by atomic mass is 16.6. The molecule has 5 N–H and O–H groups in total. The molecule has 300 valence electrons. The van der Waals surface area contributed by atoms with Gasteiger partial charge in [-0.25, -0.2) is 29.6 Å². The van der Waals surface area contributed by atoms with E-state index >= 15 is 0 Å². The van der Waals surface area contributed by atoms with Crippen LogP contribution in [0.4, 0.5) is 9.59 Å². The molecule has 0 unspecified atom stereocenters. The Morgan fingerprint density at radius 2 is 1.21 bits per heavy atom. The average Bonchev–Trinajstić information content (AvgIpc) is 4.01. The van der Waals surface area contributed by atoms with Gasteiger partial charge in [-0.15, -0.1) is 0 Å². The van der Waals surface area contributed by atoms with Crippen molar-refractivity contribution in [3.8, 4) is 34.4 Å². The summed E-state index contributed by atoms with van der Waals surface area (Å²) in [6.07, 6.45) is 2.21. The summed E-state index contributed by atoms with van der Waals surface area (Å²) in [7, 11) is 4.95. The van der Waals surface area contributed by atoms with E-state index in [1.807, 2.05) is 86.5 Å². The van der Waals surface area contributed by atoms with Crippen LogP contribution in [0.1, 0.15) is 75.4 Å². The standard InChI is InChI=1S/C41H50N10O6/c1-24(2)34(47-41(55)56-7)38(52)50-32(18-20-48(50)5)36-43-22-30(45-36)28-14-10-26(11-15-28)8-9-27-12-16-29(17-13-27)31-23-44-37(46-31)33-19-21-49(6)51(33)39(53)35(25(3)4)57-40(42)54/h10-17,22-25,32-35H,18-21H2,1-7H3,(H2,42,54)(H,43,45)(H,44,46)(H,47,55)/t32-,33-,34-,35-/m0/s1. The third-order valence-electron chi connectivity index (χ3n) is 10.3. The van der Waals surface area contributed by atoms with Crippen LogP contribution in [0.5, 0.6) is 0 Å². The van der Waals surface area contributed by atoms with E-state index in [9.17, 15) is 19.2 Å². The van der Waals surface area contributed by atoms with Crippen LogP contribution in [0, 0.1) is 23.7 Å². The molecule has 2 aromatic heterocycles. The second-order valence-corrected chi connectivity index (χ2v) is 15.0. The molecule has 2 aromatic carbocycles. The molecule has 2 saturated heterocycles. The van der Waals surface area contributed by atoms with E-state index in [0.717, 1.165) is 33.6 Å². The van der Waals surface area contributed by atoms with Crippen LogP contribution in [-0.2, 0) is 19.1 Å². The summed E-state index contributed by atoms with van der Waals surface area (Å²) in [6.45, 7) is 8.66. The summed E-state index contributed by atoms with van der Waals surface area (Å²) < 4.78 is 9.93. The minimum absolute atomic E-state index is 0.148. The Labute approximate surface area is 332 Å². The third kappa shape index (κ3) is 8.95. The first kappa shape index (κ1) is 40.5. The third-order valence-corrected chi connectivity index (χ3v) is 10.3. The Bertz CT molecular complexity index is 2130. The van der Waals surface area contributed by atoms with Crippen LogP contribution in [0.3, 0.4) is 0 Å². The van der Waals surface area contributed by atoms with Gasteiger partial charge in [-0.2, -0.15) is 0 Å². The maximum atomic E-state index is 13.7. The van der Waals surface area contributed by atoms with E-state index in [1.54, 1.807) is 36.3 Å². The Morgan fingerprint density at radius 3 is 1.61 bits per heavy atom. The number of nitrogens with one attached hydrogen (secondary N) is 3. The lowest BCUT2D eigenvalue weighted by atomic mass is 10.0. The number of aromatic nitrogens is 4. The van der Waals surface area contributed by atoms with Gasteiger partial charge in [0.15, 0.2) is 6.10 Å². The van der Waals surface area contributed by atoms with Gasteiger partial charge < -0.3 is 30.5 Å². The number of amides is 4. The number of ether oxygens (including phenoxy) is 2. The normalized spacial score (nSPS) is 18.3. The van der Waals surface area contributed by atoms with Gasteiger partial charge in [0, 0.05) is 38.3 Å². The molecule has 2 aliphatic rings. The minimum atomic E-state index is -1.00. The smallest absolute Gasteiger partial charge is 0.407 e. The number of nitrogens with zero attached hydrogens (tertiary/aromatic N) is 6. The zero-order valence-corrected chi connectivity index (χ0v) is 33.3. The molecule has 4 aromatic rings. The molecule has 16 heteroatoms. The minimum Gasteiger partial charge on any atom is -0.453 e. The number of nitrogens with two attached hydrogens (primary N) is 1. The monoisotopic (exact) mass is 778 g/mol. The number of methoxy groups -OCH3 is 1. The Kier molecular flexibility index (Phi) is 12.3. The number of carbonyl (C=O) groups is 4. The van der Waals surface area contributed by atoms with Gasteiger partial charge in [0.2, 0.25) is 0 Å². The van der Waals surface area contributed by atoms with Crippen LogP contribution in [0.2, 0.25) is 0 Å². The number of aromatic amines is 2. The number of hydrogen-bond acceptors (Lipinski definition) is 10. The molecule has 4 amide bonds. The summed E-state index contributed by atoms with van der Waals surface area (Å²) >= 11 is 0. The molecule has 0 spiro atoms. The van der Waals surface area contributed by atoms with Crippen LogP contribution in [-0.4, -0.2) is 110 Å². The number of H-pyrrole nitrogens is 2. The second kappa shape index (κ2) is 17.3. The number of alkyl carbamates (subject to hydrolysis) is 1. The fourth-order valence-corrected chi connectivity index (χ4v) is 7.19. The molecule has 2 aliphatic heterocycles. The fraction of sp³-hybridized carbons (Fsp3) is 0.415. The summed E-state index contributed by atoms with van der Waals surface area (Å²) in [5, 5.41) is 9.62. The van der Waals surface area contributed by atoms with Crippen molar-refractivity contribution in [1.29, 1.82) is 0 Å². The van der Waals surface area contributed by atoms with E-state index in [1.165, 1.54) is 7.11 Å². The highest BCUT2D eigenvalue weighted by molar-refractivity contribution is 5.86. The molecular weight excluding hydrogens is 729 g/mol. The average molecular weight is 779 g/mol. The predicted molar refractivity (Wildman–Crippen MR) is 211 cm³/mol. The summed E-state index contributed by atoms with van der Waals surface area (Å²) in [5.41, 5.74) is 10.4. The number of carbonyl (C=O) groups excluding carboxylic acids is 4. The maximum absolute atomic E-state index is 13.7. The van der Waals surface area contributed by atoms with Crippen LogP contribution >= 0.6 is 0 Å². The zero-order valence-electron chi connectivity index (χ0n) is 33.3. The lowest BCUT2D eigenvalue weighted by Crippen LogP contribution is -2.54. The van der Waals surface area contributed by atoms with Crippen LogP contribution in [0.15, 0.2) is 60.9 Å². The van der Waals surface area contributed by atoms with Gasteiger partial charge >= 0.3 is 12.2 Å². The van der Waals surface area contributed by atoms with Gasteiger partial charge in [0.05, 0.1) is 30.9 Å². The summed E-state index contributed by atoms with van der Waals surface area (Å²) in [6, 6.07) is 14.3. The highest BCUT2D eigenvalue weighted by Crippen LogP contribution is 2.34. The highest BCUT2D eigenvalue weighted by Gasteiger charge is 2.42. The van der Waals surface area contributed by atoms with Crippen molar-refractivity contribution in [1.82, 2.24) is 45.3 Å². The van der Waals surface area contributed by atoms with Crippen LogP contribution < -0.4 is 11.1 Å². The number of hydrazine groups is 2. The molecule has 6 rings (SSSR count). The van der Waals surface area contributed by atoms with E-state index < -0.39 is 24.3 Å². The molecule has 4 atom stereocenters. The van der Waals surface area contributed by atoms with Gasteiger partial charge in [-0.3, -0.25) is 19.6 Å². The first-order valence-corrected chi connectivity index (χ1v) is 19.0. The zero-order chi connectivity index (χ0) is 41.0. The Morgan fingerprint density at radius 1 is 0.754 bits per heavy atom. The van der Waals surface area contributed by atoms with E-state index in [0.29, 0.717) is 37.6 Å². The Hall–Kier alpha value is -6.18. The second-order valence-electron chi connectivity index (χ2n) is 15.0. The van der Waals surface area contributed by atoms with Crippen molar-refractivity contribution < 1.29 is 28.7 Å². The van der Waals surface area contributed by atoms with E-state index in [4.69, 9.17) is 15.2 Å². The number of imidazole rings is 2. The van der Waals surface area contributed by atoms with Gasteiger partial charge in [0.25, 0.3) is 11.8 Å². The van der Waals surface area contributed by atoms with Gasteiger partial charge in [-0.1, -0.05) is 63.8 Å². The van der Waals surface area contributed by atoms with Crippen molar-refractivity contribution in [2.45, 2.75) is 64.8 Å². The predicted octanol–water partition coefficient (Wildman–Crippen LogP) is 4.61. The molecule has 0 bridgehead atoms. The summed E-state index contributed by atoms with van der Waals surface area (Å²) in [4.78, 5) is 66.7. The molecule has 2 fully saturated rings. The first-order valence-electron chi connectivity index (χ1n) is 19.0. The number of benzene rings is 2. The van der Waals surface area contributed by atoms with E-state index in [2.05, 4.69) is 37.1 Å². The number of hydrogen-bond donors (Lipinski definition) is 4. The van der Waals surface area contributed by atoms with Crippen molar-refractivity contribution in [2.75, 3.05) is 34.3 Å². The van der Waals surface area contributed by atoms with Crippen LogP contribution in [0.25, 0.3) is 22.5 Å². The first-order chi connectivity index (χ1) is 27.2. The quantitative estimate of drug-likeness (QED) is 0.165. The number of primary amides is 1. The molecule has 4 heterocycles. The fourth-order valence-electron chi connectivity index (χ4n) is 7.19. The van der Waals surface area contributed by atoms with Gasteiger partial charge in [0.1, 0.15) is 29.8 Å². The lowest BCUT2D eigenvalue weighted by molar-refractivity contribution is -0.157. The molecule has 16 nitrogen and oxygen atoms in total. The largest absolute Gasteiger partial charge is 0.453 e. The Balaban J connectivity index is 1.10. The van der Waals surface area contributed by atoms with Crippen molar-refractivity contribution in [3.63, 3.8) is 0 Å². The molecule has 0 saturated carbocycles. The van der Waals surface area contributed by atoms with Crippen molar-refractivity contribution >= 4 is 24.0 Å². The maximum Gasteiger partial charge on any atom is 0.407 e. The summed E-state index contributed by atoms with van der Waals surface area (Å²) in [5.74, 6) is 6.78. The topological polar surface area (TPSA) is 195 Å². The number of rotatable bonds is 10. The lowest BCUT2D eigenvalue weighted by Gasteiger charge is -2.33. The SMILES string of the molecule is COC(=O)N[C@H](C(=O)N1[C@H](c2ncc(-c3ccc(C#Cc4ccc(-c5cnc([C@@H]6CCN(C)N6C(=O)[C@@H](OC(N)=O)C(C)C)[nH]5)cc4)cc3)[nH]2)CCN1C)C(C)C. The van der Waals surface area contributed by atoms with Crippen molar-refractivity contribution in [2.24, 2.45) is 17.6 Å². The van der Waals surface area contributed by atoms with Crippen molar-refractivity contribution in [3.05, 3.63) is 83.7 Å². The molecular formula is C41H50N10O6. The molecule has 57 heavy (non-hydrogen) atoms. The van der Waals surface area contributed by atoms with Gasteiger partial charge in [-0.05, 0) is 60.1 Å².